The van der Waals surface area contributed by atoms with Gasteiger partial charge in [0, 0.05) is 38.2 Å². The van der Waals surface area contributed by atoms with Gasteiger partial charge in [0.15, 0.2) is 17.5 Å². The number of para-hydroxylation sites is 1. The fraction of sp³-hybridized carbons (Fsp3) is 0.682. The predicted molar refractivity (Wildman–Crippen MR) is 112 cm³/mol. The third-order valence-electron chi connectivity index (χ3n) is 5.52. The highest BCUT2D eigenvalue weighted by Crippen LogP contribution is 2.35. The van der Waals surface area contributed by atoms with Crippen molar-refractivity contribution in [1.82, 2.24) is 10.2 Å². The van der Waals surface area contributed by atoms with E-state index in [1.54, 1.807) is 7.11 Å². The molecule has 3 rings (SSSR count). The zero-order valence-corrected chi connectivity index (χ0v) is 17.6. The van der Waals surface area contributed by atoms with Gasteiger partial charge in [-0.3, -0.25) is 0 Å². The van der Waals surface area contributed by atoms with Gasteiger partial charge in [-0.15, -0.1) is 0 Å². The summed E-state index contributed by atoms with van der Waals surface area (Å²) >= 11 is 0. The minimum atomic E-state index is 0.289. The monoisotopic (exact) mass is 389 g/mol. The van der Waals surface area contributed by atoms with Crippen molar-refractivity contribution >= 4 is 5.96 Å². The van der Waals surface area contributed by atoms with Gasteiger partial charge in [-0.25, -0.2) is 4.99 Å². The number of ether oxygens (including phenoxy) is 3. The number of benzene rings is 1. The molecular weight excluding hydrogens is 354 g/mol. The standard InChI is InChI=1S/C22H35N3O3/c1-4-23-22(25(2)15-17-12-13-27-16-17)24-14-18-8-7-11-20(26-3)21(18)28-19-9-5-6-10-19/h7-8,11,17,19H,4-6,9-10,12-16H2,1-3H3,(H,23,24). The first-order valence-corrected chi connectivity index (χ1v) is 10.6. The summed E-state index contributed by atoms with van der Waals surface area (Å²) in [6.45, 7) is 6.18. The highest BCUT2D eigenvalue weighted by molar-refractivity contribution is 5.79. The van der Waals surface area contributed by atoms with E-state index in [0.29, 0.717) is 12.5 Å². The van der Waals surface area contributed by atoms with Crippen LogP contribution < -0.4 is 14.8 Å². The van der Waals surface area contributed by atoms with Crippen LogP contribution in [0.4, 0.5) is 0 Å². The molecule has 1 saturated heterocycles. The van der Waals surface area contributed by atoms with Crippen molar-refractivity contribution in [2.45, 2.75) is 51.7 Å². The Morgan fingerprint density at radius 1 is 1.29 bits per heavy atom. The SMILES string of the molecule is CCNC(=NCc1cccc(OC)c1OC1CCCC1)N(C)CC1CCOC1. The molecule has 6 nitrogen and oxygen atoms in total. The Bertz CT molecular complexity index is 638. The molecule has 0 spiro atoms. The molecular formula is C22H35N3O3. The van der Waals surface area contributed by atoms with Gasteiger partial charge in [0.05, 0.1) is 26.4 Å². The molecule has 2 aliphatic rings. The molecule has 1 aromatic rings. The van der Waals surface area contributed by atoms with E-state index in [1.165, 1.54) is 12.8 Å². The van der Waals surface area contributed by atoms with Crippen molar-refractivity contribution in [3.63, 3.8) is 0 Å². The molecule has 2 fully saturated rings. The van der Waals surface area contributed by atoms with E-state index in [0.717, 1.165) is 68.6 Å². The van der Waals surface area contributed by atoms with Crippen LogP contribution in [0, 0.1) is 5.92 Å². The number of guanidine groups is 1. The molecule has 0 radical (unpaired) electrons. The van der Waals surface area contributed by atoms with Crippen LogP contribution in [0.25, 0.3) is 0 Å². The van der Waals surface area contributed by atoms with Gasteiger partial charge in [-0.05, 0) is 45.1 Å². The Labute approximate surface area is 169 Å². The highest BCUT2D eigenvalue weighted by atomic mass is 16.5. The maximum Gasteiger partial charge on any atom is 0.193 e. The predicted octanol–water partition coefficient (Wildman–Crippen LogP) is 3.45. The molecule has 1 aliphatic carbocycles. The lowest BCUT2D eigenvalue weighted by Gasteiger charge is -2.25. The first kappa shape index (κ1) is 20.8. The largest absolute Gasteiger partial charge is 0.493 e. The molecule has 1 aliphatic heterocycles. The average Bonchev–Trinajstić information content (AvgIpc) is 3.40. The minimum absolute atomic E-state index is 0.289. The zero-order chi connectivity index (χ0) is 19.8. The van der Waals surface area contributed by atoms with Gasteiger partial charge in [0.1, 0.15) is 0 Å². The fourth-order valence-electron chi connectivity index (χ4n) is 3.98. The van der Waals surface area contributed by atoms with Gasteiger partial charge in [-0.1, -0.05) is 12.1 Å². The van der Waals surface area contributed by atoms with Crippen molar-refractivity contribution in [2.75, 3.05) is 40.5 Å². The van der Waals surface area contributed by atoms with E-state index < -0.39 is 0 Å². The lowest BCUT2D eigenvalue weighted by molar-refractivity contribution is 0.181. The molecule has 0 aromatic heterocycles. The molecule has 1 atom stereocenters. The van der Waals surface area contributed by atoms with Gasteiger partial charge < -0.3 is 24.4 Å². The molecule has 0 amide bonds. The summed E-state index contributed by atoms with van der Waals surface area (Å²) in [5, 5.41) is 3.41. The summed E-state index contributed by atoms with van der Waals surface area (Å²) in [6, 6.07) is 6.07. The number of nitrogens with one attached hydrogen (secondary N) is 1. The Morgan fingerprint density at radius 2 is 2.11 bits per heavy atom. The molecule has 0 bridgehead atoms. The summed E-state index contributed by atoms with van der Waals surface area (Å²) in [4.78, 5) is 7.10. The van der Waals surface area contributed by atoms with Crippen molar-refractivity contribution in [3.05, 3.63) is 23.8 Å². The van der Waals surface area contributed by atoms with Crippen LogP contribution >= 0.6 is 0 Å². The molecule has 156 valence electrons. The van der Waals surface area contributed by atoms with E-state index >= 15 is 0 Å². The van der Waals surface area contributed by atoms with Crippen molar-refractivity contribution in [3.8, 4) is 11.5 Å². The van der Waals surface area contributed by atoms with Gasteiger partial charge in [0.2, 0.25) is 0 Å². The van der Waals surface area contributed by atoms with Crippen LogP contribution in [0.2, 0.25) is 0 Å². The van der Waals surface area contributed by atoms with Crippen molar-refractivity contribution < 1.29 is 14.2 Å². The second kappa shape index (κ2) is 10.6. The average molecular weight is 390 g/mol. The Hall–Kier alpha value is -1.95. The highest BCUT2D eigenvalue weighted by Gasteiger charge is 2.21. The molecule has 1 saturated carbocycles. The fourth-order valence-corrected chi connectivity index (χ4v) is 3.98. The van der Waals surface area contributed by atoms with E-state index in [2.05, 4.69) is 30.3 Å². The third kappa shape index (κ3) is 5.53. The number of hydrogen-bond acceptors (Lipinski definition) is 4. The summed E-state index contributed by atoms with van der Waals surface area (Å²) < 4.78 is 17.4. The quantitative estimate of drug-likeness (QED) is 0.545. The Balaban J connectivity index is 1.73. The van der Waals surface area contributed by atoms with Gasteiger partial charge >= 0.3 is 0 Å². The van der Waals surface area contributed by atoms with Crippen LogP contribution in [-0.2, 0) is 11.3 Å². The van der Waals surface area contributed by atoms with Crippen molar-refractivity contribution in [2.24, 2.45) is 10.9 Å². The molecule has 1 aromatic carbocycles. The topological polar surface area (TPSA) is 55.3 Å². The summed E-state index contributed by atoms with van der Waals surface area (Å²) in [5.74, 6) is 3.14. The molecule has 1 unspecified atom stereocenters. The van der Waals surface area contributed by atoms with Crippen LogP contribution in [-0.4, -0.2) is 57.4 Å². The molecule has 28 heavy (non-hydrogen) atoms. The number of rotatable bonds is 8. The zero-order valence-electron chi connectivity index (χ0n) is 17.6. The number of methoxy groups -OCH3 is 1. The maximum absolute atomic E-state index is 6.34. The van der Waals surface area contributed by atoms with Gasteiger partial charge in [0.25, 0.3) is 0 Å². The number of nitrogens with zero attached hydrogens (tertiary/aromatic N) is 2. The smallest absolute Gasteiger partial charge is 0.193 e. The van der Waals surface area contributed by atoms with E-state index in [1.807, 2.05) is 12.1 Å². The summed E-state index contributed by atoms with van der Waals surface area (Å²) in [7, 11) is 3.80. The first-order valence-electron chi connectivity index (χ1n) is 10.6. The van der Waals surface area contributed by atoms with Crippen molar-refractivity contribution in [1.29, 1.82) is 0 Å². The molecule has 1 N–H and O–H groups in total. The number of aliphatic imine (C=N–C) groups is 1. The lowest BCUT2D eigenvalue weighted by Crippen LogP contribution is -2.41. The lowest BCUT2D eigenvalue weighted by atomic mass is 10.1. The van der Waals surface area contributed by atoms with E-state index in [4.69, 9.17) is 19.2 Å². The Morgan fingerprint density at radius 3 is 2.79 bits per heavy atom. The normalized spacial score (nSPS) is 20.4. The second-order valence-electron chi connectivity index (χ2n) is 7.75. The third-order valence-corrected chi connectivity index (χ3v) is 5.52. The van der Waals surface area contributed by atoms with E-state index in [-0.39, 0.29) is 6.10 Å². The minimum Gasteiger partial charge on any atom is -0.493 e. The van der Waals surface area contributed by atoms with Crippen LogP contribution in [0.3, 0.4) is 0 Å². The first-order chi connectivity index (χ1) is 13.7. The molecule has 1 heterocycles. The van der Waals surface area contributed by atoms with Crippen LogP contribution in [0.1, 0.15) is 44.6 Å². The Kier molecular flexibility index (Phi) is 7.83. The van der Waals surface area contributed by atoms with E-state index in [9.17, 15) is 0 Å². The van der Waals surface area contributed by atoms with Gasteiger partial charge in [-0.2, -0.15) is 0 Å². The second-order valence-corrected chi connectivity index (χ2v) is 7.75. The number of hydrogen-bond donors (Lipinski definition) is 1. The van der Waals surface area contributed by atoms with Crippen LogP contribution in [0.5, 0.6) is 11.5 Å². The summed E-state index contributed by atoms with van der Waals surface area (Å²) in [5.41, 5.74) is 1.07. The molecule has 6 heteroatoms. The summed E-state index contributed by atoms with van der Waals surface area (Å²) in [6.07, 6.45) is 6.14. The maximum atomic E-state index is 6.34. The van der Waals surface area contributed by atoms with Crippen LogP contribution in [0.15, 0.2) is 23.2 Å².